The number of carbonyl (C=O) groups excluding carboxylic acids is 2. The second-order valence-electron chi connectivity index (χ2n) is 5.15. The van der Waals surface area contributed by atoms with Crippen molar-refractivity contribution in [2.75, 3.05) is 13.7 Å². The summed E-state index contributed by atoms with van der Waals surface area (Å²) in [5.74, 6) is -3.82. The van der Waals surface area contributed by atoms with Crippen LogP contribution in [0, 0.1) is 0 Å². The summed E-state index contributed by atoms with van der Waals surface area (Å²) in [6.45, 7) is 3.28. The molecular weight excluding hydrogens is 399 g/mol. The number of methoxy groups -OCH3 is 1. The number of esters is 1. The number of aliphatic carboxylic acids is 1. The van der Waals surface area contributed by atoms with Gasteiger partial charge in [0.25, 0.3) is 5.78 Å². The van der Waals surface area contributed by atoms with Gasteiger partial charge in [0.05, 0.1) is 7.11 Å². The highest BCUT2D eigenvalue weighted by Gasteiger charge is 2.38. The molecule has 0 spiro atoms. The minimum absolute atomic E-state index is 0.0876. The molecule has 12 heteroatoms. The van der Waals surface area contributed by atoms with Crippen LogP contribution >= 0.6 is 0 Å². The number of alkyl halides is 3. The van der Waals surface area contributed by atoms with Crippen molar-refractivity contribution in [3.63, 3.8) is 0 Å². The summed E-state index contributed by atoms with van der Waals surface area (Å²) >= 11 is 0. The summed E-state index contributed by atoms with van der Waals surface area (Å²) in [7, 11) is 1.54. The average molecular weight is 417 g/mol. The topological polar surface area (TPSA) is 152 Å². The molecule has 0 aliphatic carbocycles. The Morgan fingerprint density at radius 1 is 1.31 bits per heavy atom. The normalized spacial score (nSPS) is 11.1. The molecule has 0 aliphatic rings. The van der Waals surface area contributed by atoms with Gasteiger partial charge < -0.3 is 25.8 Å². The number of nitrogens with zero attached hydrogens (tertiary/aromatic N) is 2. The molecule has 0 amide bonds. The van der Waals surface area contributed by atoms with Crippen LogP contribution in [0.3, 0.4) is 0 Å². The van der Waals surface area contributed by atoms with Gasteiger partial charge in [0.1, 0.15) is 12.4 Å². The molecular formula is C17H18F3N3O6. The fraction of sp³-hybridized carbons (Fsp3) is 0.294. The predicted octanol–water partition coefficient (Wildman–Crippen LogP) is 1.69. The van der Waals surface area contributed by atoms with E-state index in [1.165, 1.54) is 13.2 Å². The van der Waals surface area contributed by atoms with Crippen LogP contribution in [0.25, 0.3) is 5.53 Å². The van der Waals surface area contributed by atoms with Crippen molar-refractivity contribution in [3.8, 4) is 5.75 Å². The molecule has 1 rings (SSSR count). The third kappa shape index (κ3) is 9.31. The number of carboxylic acids is 1. The maximum atomic E-state index is 12.0. The first-order chi connectivity index (χ1) is 13.5. The Hall–Kier alpha value is -3.50. The van der Waals surface area contributed by atoms with Gasteiger partial charge in [-0.05, 0) is 17.7 Å². The van der Waals surface area contributed by atoms with Crippen LogP contribution in [-0.4, -0.2) is 53.2 Å². The van der Waals surface area contributed by atoms with Gasteiger partial charge in [-0.1, -0.05) is 24.8 Å². The third-order valence-corrected chi connectivity index (χ3v) is 3.08. The van der Waals surface area contributed by atoms with Gasteiger partial charge in [-0.2, -0.15) is 18.0 Å². The lowest BCUT2D eigenvalue weighted by Gasteiger charge is -2.10. The van der Waals surface area contributed by atoms with E-state index in [9.17, 15) is 22.8 Å². The van der Waals surface area contributed by atoms with E-state index < -0.39 is 35.7 Å². The molecule has 0 heterocycles. The monoisotopic (exact) mass is 417 g/mol. The number of carbonyl (C=O) groups is 3. The molecule has 3 N–H and O–H groups in total. The lowest BCUT2D eigenvalue weighted by Crippen LogP contribution is -2.30. The van der Waals surface area contributed by atoms with E-state index in [0.717, 1.165) is 0 Å². The first-order valence-electron chi connectivity index (χ1n) is 7.70. The van der Waals surface area contributed by atoms with Gasteiger partial charge in [0.15, 0.2) is 0 Å². The van der Waals surface area contributed by atoms with Crippen LogP contribution < -0.4 is 10.5 Å². The number of carboxylic acid groups (broad SMARTS) is 1. The number of nitrogens with two attached hydrogens (primary N) is 1. The van der Waals surface area contributed by atoms with Crippen LogP contribution in [0.1, 0.15) is 18.0 Å². The van der Waals surface area contributed by atoms with Crippen LogP contribution in [0.5, 0.6) is 5.75 Å². The Balaban J connectivity index is 0.000000956. The van der Waals surface area contributed by atoms with Crippen molar-refractivity contribution in [3.05, 3.63) is 48.0 Å². The Morgan fingerprint density at radius 3 is 2.21 bits per heavy atom. The van der Waals surface area contributed by atoms with Gasteiger partial charge in [-0.25, -0.2) is 9.59 Å². The van der Waals surface area contributed by atoms with E-state index in [1.54, 1.807) is 24.3 Å². The van der Waals surface area contributed by atoms with Crippen LogP contribution in [0.15, 0.2) is 36.9 Å². The molecule has 0 aromatic heterocycles. The average Bonchev–Trinajstić information content (AvgIpc) is 2.66. The molecule has 1 aromatic carbocycles. The zero-order chi connectivity index (χ0) is 22.6. The van der Waals surface area contributed by atoms with E-state index in [1.807, 2.05) is 0 Å². The van der Waals surface area contributed by atoms with E-state index >= 15 is 0 Å². The van der Waals surface area contributed by atoms with E-state index in [2.05, 4.69) is 16.1 Å². The lowest BCUT2D eigenvalue weighted by molar-refractivity contribution is -0.192. The molecule has 1 atom stereocenters. The Kier molecular flexibility index (Phi) is 10.6. The number of hydrogen-bond donors (Lipinski definition) is 2. The standard InChI is InChI=1S/C15H17N3O4.C2HF3O2/c1-3-8-22-15(20)14(18-17)13(19)9-12(16)10-4-6-11(21-2)7-5-10;3-2(4,5)1(6)7/h3-7,12H,1,8-9,16H2,2H3;(H,6,7)/t12-;/m1./s1. The number of Topliss-reactive ketones (excluding diaryl/α,β-unsaturated/α-hetero) is 1. The van der Waals surface area contributed by atoms with Gasteiger partial charge in [-0.15, -0.1) is 0 Å². The van der Waals surface area contributed by atoms with Crippen LogP contribution in [0.2, 0.25) is 0 Å². The molecule has 0 bridgehead atoms. The summed E-state index contributed by atoms with van der Waals surface area (Å²) in [6.07, 6.45) is -3.95. The number of ketones is 1. The fourth-order valence-corrected chi connectivity index (χ4v) is 1.68. The molecule has 0 fully saturated rings. The SMILES string of the molecule is C=CCOC(=O)C(=[N+]=[N-])C(=O)C[C@@H](N)c1ccc(OC)cc1.O=C(O)C(F)(F)F. The van der Waals surface area contributed by atoms with E-state index in [4.69, 9.17) is 25.9 Å². The second-order valence-corrected chi connectivity index (χ2v) is 5.15. The van der Waals surface area contributed by atoms with Crippen molar-refractivity contribution in [2.45, 2.75) is 18.6 Å². The summed E-state index contributed by atoms with van der Waals surface area (Å²) in [5, 5.41) is 7.12. The van der Waals surface area contributed by atoms with E-state index in [0.29, 0.717) is 11.3 Å². The molecule has 0 saturated heterocycles. The zero-order valence-electron chi connectivity index (χ0n) is 15.2. The molecule has 1 aromatic rings. The Bertz CT molecular complexity index is 787. The summed E-state index contributed by atoms with van der Waals surface area (Å²) in [5.41, 5.74) is 14.7. The maximum absolute atomic E-state index is 12.0. The van der Waals surface area contributed by atoms with Gasteiger partial charge >= 0.3 is 23.8 Å². The minimum atomic E-state index is -5.08. The van der Waals surface area contributed by atoms with Crippen molar-refractivity contribution in [2.24, 2.45) is 5.73 Å². The van der Waals surface area contributed by atoms with Crippen molar-refractivity contribution >= 4 is 23.4 Å². The van der Waals surface area contributed by atoms with Crippen molar-refractivity contribution in [1.29, 1.82) is 0 Å². The highest BCUT2D eigenvalue weighted by molar-refractivity contribution is 6.62. The molecule has 0 saturated carbocycles. The van der Waals surface area contributed by atoms with Crippen LogP contribution in [0.4, 0.5) is 13.2 Å². The molecule has 0 radical (unpaired) electrons. The van der Waals surface area contributed by atoms with E-state index in [-0.39, 0.29) is 13.0 Å². The highest BCUT2D eigenvalue weighted by atomic mass is 19.4. The highest BCUT2D eigenvalue weighted by Crippen LogP contribution is 2.18. The lowest BCUT2D eigenvalue weighted by atomic mass is 10.0. The molecule has 0 unspecified atom stereocenters. The Labute approximate surface area is 163 Å². The largest absolute Gasteiger partial charge is 0.497 e. The molecule has 0 aliphatic heterocycles. The predicted molar refractivity (Wildman–Crippen MR) is 93.0 cm³/mol. The van der Waals surface area contributed by atoms with Crippen molar-refractivity contribution in [1.82, 2.24) is 0 Å². The number of hydrogen-bond acceptors (Lipinski definition) is 6. The first kappa shape index (κ1) is 25.5. The molecule has 9 nitrogen and oxygen atoms in total. The minimum Gasteiger partial charge on any atom is -0.497 e. The third-order valence-electron chi connectivity index (χ3n) is 3.08. The quantitative estimate of drug-likeness (QED) is 0.163. The molecule has 158 valence electrons. The van der Waals surface area contributed by atoms with Crippen molar-refractivity contribution < 1.29 is 46.9 Å². The van der Waals surface area contributed by atoms with Gasteiger partial charge in [0.2, 0.25) is 0 Å². The second kappa shape index (κ2) is 12.1. The number of ether oxygens (including phenoxy) is 2. The summed E-state index contributed by atoms with van der Waals surface area (Å²) in [4.78, 5) is 35.1. The number of halogens is 3. The number of benzene rings is 1. The van der Waals surface area contributed by atoms with Crippen LogP contribution in [-0.2, 0) is 19.1 Å². The maximum Gasteiger partial charge on any atom is 0.490 e. The molecule has 29 heavy (non-hydrogen) atoms. The smallest absolute Gasteiger partial charge is 0.490 e. The van der Waals surface area contributed by atoms with Gasteiger partial charge in [0, 0.05) is 12.5 Å². The summed E-state index contributed by atoms with van der Waals surface area (Å²) in [6, 6.07) is 6.19. The fourth-order valence-electron chi connectivity index (χ4n) is 1.68. The Morgan fingerprint density at radius 2 is 1.83 bits per heavy atom. The van der Waals surface area contributed by atoms with Gasteiger partial charge in [-0.3, -0.25) is 4.79 Å². The summed E-state index contributed by atoms with van der Waals surface area (Å²) < 4.78 is 41.4. The first-order valence-corrected chi connectivity index (χ1v) is 7.70. The number of rotatable bonds is 8. The zero-order valence-corrected chi connectivity index (χ0v) is 15.2.